The lowest BCUT2D eigenvalue weighted by atomic mass is 10.1. The Bertz CT molecular complexity index is 1270. The van der Waals surface area contributed by atoms with Crippen LogP contribution in [0.25, 0.3) is 22.2 Å². The van der Waals surface area contributed by atoms with Crippen LogP contribution in [0.1, 0.15) is 18.9 Å². The summed E-state index contributed by atoms with van der Waals surface area (Å²) in [5, 5.41) is 11.5. The van der Waals surface area contributed by atoms with Crippen LogP contribution in [-0.4, -0.2) is 30.2 Å². The maximum Gasteiger partial charge on any atom is 0.247 e. The van der Waals surface area contributed by atoms with Crippen LogP contribution in [0.3, 0.4) is 0 Å². The number of aromatic nitrogens is 5. The van der Waals surface area contributed by atoms with E-state index in [1.165, 1.54) is 18.9 Å². The Kier molecular flexibility index (Phi) is 4.31. The Morgan fingerprint density at radius 3 is 2.90 bits per heavy atom. The van der Waals surface area contributed by atoms with Crippen LogP contribution in [0.2, 0.25) is 0 Å². The third-order valence-electron chi connectivity index (χ3n) is 5.15. The highest BCUT2D eigenvalue weighted by atomic mass is 16.1. The van der Waals surface area contributed by atoms with E-state index < -0.39 is 0 Å². The topological polar surface area (TPSA) is 89.7 Å². The number of benzene rings is 1. The molecule has 0 bridgehead atoms. The number of hydrogen-bond donors (Lipinski definition) is 2. The predicted octanol–water partition coefficient (Wildman–Crippen LogP) is 4.03. The van der Waals surface area contributed by atoms with Gasteiger partial charge in [0.25, 0.3) is 0 Å². The van der Waals surface area contributed by atoms with Gasteiger partial charge in [-0.05, 0) is 37.1 Å². The van der Waals surface area contributed by atoms with Crippen molar-refractivity contribution in [2.75, 3.05) is 10.6 Å². The van der Waals surface area contributed by atoms with Gasteiger partial charge in [-0.15, -0.1) is 0 Å². The molecule has 1 amide bonds. The SMILES string of the molecule is C=CC(=O)Nc1ccc2c(-c3ccnc(Nc4cnn(C5CC5)c4)n3)cn(C)c2c1. The quantitative estimate of drug-likeness (QED) is 0.478. The molecule has 1 fully saturated rings. The van der Waals surface area contributed by atoms with Crippen LogP contribution in [0.15, 0.2) is 61.7 Å². The molecular weight excluding hydrogens is 378 g/mol. The third kappa shape index (κ3) is 3.43. The molecule has 1 saturated carbocycles. The average molecular weight is 399 g/mol. The first-order chi connectivity index (χ1) is 14.6. The normalized spacial score (nSPS) is 13.4. The van der Waals surface area contributed by atoms with Crippen molar-refractivity contribution < 1.29 is 4.79 Å². The standard InChI is InChI=1S/C22H21N7O/c1-3-21(30)25-14-4-7-17-18(13-28(2)20(17)10-14)19-8-9-23-22(27-19)26-15-11-24-29(12-15)16-5-6-16/h3-4,7-13,16H,1,5-6H2,2H3,(H,25,30)(H,23,26,27). The second-order valence-electron chi connectivity index (χ2n) is 7.41. The lowest BCUT2D eigenvalue weighted by Gasteiger charge is -2.05. The third-order valence-corrected chi connectivity index (χ3v) is 5.15. The molecule has 1 aromatic carbocycles. The van der Waals surface area contributed by atoms with Gasteiger partial charge in [0.15, 0.2) is 0 Å². The zero-order valence-electron chi connectivity index (χ0n) is 16.5. The summed E-state index contributed by atoms with van der Waals surface area (Å²) in [6, 6.07) is 8.22. The molecule has 0 spiro atoms. The number of fused-ring (bicyclic) bond motifs is 1. The molecule has 3 aromatic heterocycles. The van der Waals surface area contributed by atoms with Gasteiger partial charge < -0.3 is 15.2 Å². The largest absolute Gasteiger partial charge is 0.350 e. The first kappa shape index (κ1) is 18.1. The van der Waals surface area contributed by atoms with E-state index in [0.29, 0.717) is 12.0 Å². The highest BCUT2D eigenvalue weighted by Gasteiger charge is 2.24. The van der Waals surface area contributed by atoms with Crippen molar-refractivity contribution in [3.63, 3.8) is 0 Å². The van der Waals surface area contributed by atoms with Crippen LogP contribution in [-0.2, 0) is 11.8 Å². The maximum atomic E-state index is 11.6. The average Bonchev–Trinajstić information content (AvgIpc) is 3.42. The first-order valence-electron chi connectivity index (χ1n) is 9.78. The molecule has 30 heavy (non-hydrogen) atoms. The summed E-state index contributed by atoms with van der Waals surface area (Å²) in [5.41, 5.74) is 4.40. The molecule has 0 atom stereocenters. The summed E-state index contributed by atoms with van der Waals surface area (Å²) in [6.07, 6.45) is 11.2. The fourth-order valence-corrected chi connectivity index (χ4v) is 3.50. The number of nitrogens with one attached hydrogen (secondary N) is 2. The van der Waals surface area contributed by atoms with E-state index in [2.05, 4.69) is 27.3 Å². The second-order valence-corrected chi connectivity index (χ2v) is 7.41. The number of amides is 1. The van der Waals surface area contributed by atoms with Crippen LogP contribution in [0, 0.1) is 0 Å². The van der Waals surface area contributed by atoms with E-state index in [9.17, 15) is 4.79 Å². The lowest BCUT2D eigenvalue weighted by Crippen LogP contribution is -2.07. The van der Waals surface area contributed by atoms with E-state index in [4.69, 9.17) is 4.98 Å². The lowest BCUT2D eigenvalue weighted by molar-refractivity contribution is -0.111. The molecule has 4 aromatic rings. The van der Waals surface area contributed by atoms with Crippen LogP contribution in [0.5, 0.6) is 0 Å². The zero-order chi connectivity index (χ0) is 20.7. The molecule has 1 aliphatic rings. The Morgan fingerprint density at radius 1 is 1.23 bits per heavy atom. The second kappa shape index (κ2) is 7.14. The van der Waals surface area contributed by atoms with E-state index in [0.717, 1.165) is 33.5 Å². The van der Waals surface area contributed by atoms with Crippen molar-refractivity contribution in [2.24, 2.45) is 7.05 Å². The molecule has 2 N–H and O–H groups in total. The molecule has 0 unspecified atom stereocenters. The summed E-state index contributed by atoms with van der Waals surface area (Å²) in [7, 11) is 1.97. The Balaban J connectivity index is 1.45. The monoisotopic (exact) mass is 399 g/mol. The number of carbonyl (C=O) groups is 1. The van der Waals surface area contributed by atoms with Crippen LogP contribution >= 0.6 is 0 Å². The fraction of sp³-hybridized carbons (Fsp3) is 0.182. The van der Waals surface area contributed by atoms with E-state index in [1.807, 2.05) is 53.0 Å². The minimum absolute atomic E-state index is 0.236. The molecule has 8 heteroatoms. The smallest absolute Gasteiger partial charge is 0.247 e. The Morgan fingerprint density at radius 2 is 2.10 bits per heavy atom. The number of nitrogens with zero attached hydrogens (tertiary/aromatic N) is 5. The number of rotatable bonds is 6. The van der Waals surface area contributed by atoms with Crippen molar-refractivity contribution in [1.29, 1.82) is 0 Å². The molecule has 0 aliphatic heterocycles. The zero-order valence-corrected chi connectivity index (χ0v) is 16.5. The summed E-state index contributed by atoms with van der Waals surface area (Å²) < 4.78 is 4.00. The summed E-state index contributed by atoms with van der Waals surface area (Å²) in [6.45, 7) is 3.49. The summed E-state index contributed by atoms with van der Waals surface area (Å²) in [4.78, 5) is 20.6. The van der Waals surface area contributed by atoms with Gasteiger partial charge in [-0.25, -0.2) is 9.97 Å². The van der Waals surface area contributed by atoms with Crippen LogP contribution < -0.4 is 10.6 Å². The van der Waals surface area contributed by atoms with Gasteiger partial charge in [-0.3, -0.25) is 9.48 Å². The first-order valence-corrected chi connectivity index (χ1v) is 9.78. The van der Waals surface area contributed by atoms with Crippen molar-refractivity contribution in [2.45, 2.75) is 18.9 Å². The fourth-order valence-electron chi connectivity index (χ4n) is 3.50. The van der Waals surface area contributed by atoms with Crippen molar-refractivity contribution in [3.8, 4) is 11.3 Å². The van der Waals surface area contributed by atoms with Crippen molar-refractivity contribution in [3.05, 3.63) is 61.7 Å². The van der Waals surface area contributed by atoms with Gasteiger partial charge in [-0.2, -0.15) is 5.10 Å². The number of aryl methyl sites for hydroxylation is 1. The minimum Gasteiger partial charge on any atom is -0.350 e. The molecule has 3 heterocycles. The number of anilines is 3. The van der Waals surface area contributed by atoms with Crippen molar-refractivity contribution >= 4 is 34.1 Å². The molecule has 5 rings (SSSR count). The highest BCUT2D eigenvalue weighted by Crippen LogP contribution is 2.35. The van der Waals surface area contributed by atoms with Gasteiger partial charge in [0, 0.05) is 42.3 Å². The molecule has 0 saturated heterocycles. The van der Waals surface area contributed by atoms with Gasteiger partial charge in [0.05, 0.1) is 29.1 Å². The molecule has 150 valence electrons. The number of hydrogen-bond acceptors (Lipinski definition) is 5. The number of carbonyl (C=O) groups excluding carboxylic acids is 1. The molecule has 0 radical (unpaired) electrons. The molecular formula is C22H21N7O. The van der Waals surface area contributed by atoms with Gasteiger partial charge >= 0.3 is 0 Å². The molecule has 1 aliphatic carbocycles. The van der Waals surface area contributed by atoms with Gasteiger partial charge in [0.1, 0.15) is 0 Å². The predicted molar refractivity (Wildman–Crippen MR) is 117 cm³/mol. The van der Waals surface area contributed by atoms with E-state index >= 15 is 0 Å². The van der Waals surface area contributed by atoms with E-state index in [-0.39, 0.29) is 5.91 Å². The Labute approximate surface area is 173 Å². The van der Waals surface area contributed by atoms with Gasteiger partial charge in [-0.1, -0.05) is 12.6 Å². The maximum absolute atomic E-state index is 11.6. The highest BCUT2D eigenvalue weighted by molar-refractivity contribution is 6.02. The minimum atomic E-state index is -0.236. The van der Waals surface area contributed by atoms with E-state index in [1.54, 1.807) is 12.4 Å². The molecule has 8 nitrogen and oxygen atoms in total. The van der Waals surface area contributed by atoms with Gasteiger partial charge in [0.2, 0.25) is 11.9 Å². The Hall–Kier alpha value is -3.94. The van der Waals surface area contributed by atoms with Crippen LogP contribution in [0.4, 0.5) is 17.3 Å². The van der Waals surface area contributed by atoms with Crippen molar-refractivity contribution in [1.82, 2.24) is 24.3 Å². The summed E-state index contributed by atoms with van der Waals surface area (Å²) >= 11 is 0. The summed E-state index contributed by atoms with van der Waals surface area (Å²) in [5.74, 6) is 0.287.